The average Bonchev–Trinajstić information content (AvgIpc) is 3.41. The molecule has 0 nitrogen and oxygen atoms in total. The minimum absolute atomic E-state index is 0.498. The van der Waals surface area contributed by atoms with E-state index in [9.17, 15) is 0 Å². The molecule has 1 heterocycles. The van der Waals surface area contributed by atoms with Crippen LogP contribution in [0.2, 0.25) is 0 Å². The van der Waals surface area contributed by atoms with Crippen LogP contribution in [0.15, 0.2) is 180 Å². The van der Waals surface area contributed by atoms with Gasteiger partial charge < -0.3 is 0 Å². The molecule has 1 aliphatic heterocycles. The Balaban J connectivity index is 1.34. The number of hydrogen-bond donors (Lipinski definition) is 0. The van der Waals surface area contributed by atoms with E-state index in [-0.39, 0.29) is 0 Å². The molecule has 1 unspecified atom stereocenters. The van der Waals surface area contributed by atoms with Crippen molar-refractivity contribution in [1.29, 1.82) is 0 Å². The van der Waals surface area contributed by atoms with E-state index in [1.165, 1.54) is 87.0 Å². The summed E-state index contributed by atoms with van der Waals surface area (Å²) in [5, 5.41) is 5.19. The van der Waals surface area contributed by atoms with Gasteiger partial charge in [-0.2, -0.15) is 0 Å². The summed E-state index contributed by atoms with van der Waals surface area (Å²) in [5.74, 6) is 0. The fraction of sp³-hybridized carbons (Fsp3) is 0.0222. The van der Waals surface area contributed by atoms with Crippen molar-refractivity contribution in [2.45, 2.75) is 15.2 Å². The molecule has 0 radical (unpaired) electrons. The minimum Gasteiger partial charge on any atom is -0.0888 e. The Kier molecular flexibility index (Phi) is 5.53. The zero-order valence-corrected chi connectivity index (χ0v) is 25.9. The van der Waals surface area contributed by atoms with Crippen LogP contribution in [0, 0.1) is 0 Å². The van der Waals surface area contributed by atoms with Crippen molar-refractivity contribution >= 4 is 33.3 Å². The molecular weight excluding hydrogens is 573 g/mol. The first-order valence-corrected chi connectivity index (χ1v) is 16.8. The van der Waals surface area contributed by atoms with E-state index in [2.05, 4.69) is 170 Å². The van der Waals surface area contributed by atoms with E-state index in [1.807, 2.05) is 11.8 Å². The largest absolute Gasteiger partial charge is 0.0888 e. The molecule has 2 aliphatic rings. The second kappa shape index (κ2) is 9.81. The molecule has 0 fully saturated rings. The van der Waals surface area contributed by atoms with Gasteiger partial charge in [0.25, 0.3) is 0 Å². The van der Waals surface area contributed by atoms with Gasteiger partial charge in [-0.25, -0.2) is 0 Å². The highest BCUT2D eigenvalue weighted by Gasteiger charge is 2.47. The summed E-state index contributed by atoms with van der Waals surface area (Å²) in [6.45, 7) is 0. The Bertz CT molecular complexity index is 2500. The van der Waals surface area contributed by atoms with E-state index in [1.54, 1.807) is 0 Å². The van der Waals surface area contributed by atoms with Crippen LogP contribution in [0.4, 0.5) is 0 Å². The van der Waals surface area contributed by atoms with Crippen molar-refractivity contribution in [2.24, 2.45) is 0 Å². The maximum absolute atomic E-state index is 2.46. The van der Waals surface area contributed by atoms with Crippen molar-refractivity contribution < 1.29 is 0 Å². The zero-order valence-electron chi connectivity index (χ0n) is 25.1. The average molecular weight is 601 g/mol. The second-order valence-corrected chi connectivity index (χ2v) is 13.5. The highest BCUT2D eigenvalue weighted by atomic mass is 32.2. The first-order valence-electron chi connectivity index (χ1n) is 15.9. The minimum atomic E-state index is -0.498. The lowest BCUT2D eigenvalue weighted by Crippen LogP contribution is -2.29. The maximum Gasteiger partial charge on any atom is 0.0719 e. The van der Waals surface area contributed by atoms with E-state index in [0.29, 0.717) is 0 Å². The van der Waals surface area contributed by atoms with Gasteiger partial charge in [-0.15, -0.1) is 0 Å². The van der Waals surface area contributed by atoms with Crippen LogP contribution in [0.5, 0.6) is 0 Å². The lowest BCUT2D eigenvalue weighted by atomic mass is 9.65. The SMILES string of the molecule is c1ccc(C2(c3ccccc3-c3cccc4c3-c3cccc5cccc(c35)S4)c3ccccc3-c3cc4ccccc4cc32)cc1. The van der Waals surface area contributed by atoms with Gasteiger partial charge in [0, 0.05) is 20.7 Å². The number of fused-ring (bicyclic) bond motifs is 6. The molecule has 1 atom stereocenters. The van der Waals surface area contributed by atoms with E-state index < -0.39 is 5.41 Å². The summed E-state index contributed by atoms with van der Waals surface area (Å²) >= 11 is 1.90. The Hall–Kier alpha value is -5.37. The number of rotatable bonds is 3. The molecule has 1 heteroatoms. The summed E-state index contributed by atoms with van der Waals surface area (Å²) in [7, 11) is 0. The molecule has 0 bridgehead atoms. The number of hydrogen-bond acceptors (Lipinski definition) is 1. The predicted octanol–water partition coefficient (Wildman–Crippen LogP) is 12.2. The third-order valence-corrected chi connectivity index (χ3v) is 11.2. The molecule has 0 N–H and O–H groups in total. The molecule has 8 aromatic carbocycles. The van der Waals surface area contributed by atoms with Crippen LogP contribution in [0.25, 0.3) is 54.9 Å². The van der Waals surface area contributed by atoms with E-state index in [0.717, 1.165) is 0 Å². The lowest BCUT2D eigenvalue weighted by molar-refractivity contribution is 0.771. The van der Waals surface area contributed by atoms with Crippen LogP contribution < -0.4 is 0 Å². The predicted molar refractivity (Wildman–Crippen MR) is 194 cm³/mol. The van der Waals surface area contributed by atoms with Crippen molar-refractivity contribution in [1.82, 2.24) is 0 Å². The molecule has 0 saturated heterocycles. The van der Waals surface area contributed by atoms with Gasteiger partial charge in [0.2, 0.25) is 0 Å². The Morgan fingerprint density at radius 3 is 1.67 bits per heavy atom. The smallest absolute Gasteiger partial charge is 0.0719 e. The first-order chi connectivity index (χ1) is 22.8. The monoisotopic (exact) mass is 600 g/mol. The van der Waals surface area contributed by atoms with Gasteiger partial charge in [-0.1, -0.05) is 157 Å². The van der Waals surface area contributed by atoms with Crippen molar-refractivity contribution in [3.8, 4) is 33.4 Å². The first kappa shape index (κ1) is 25.9. The van der Waals surface area contributed by atoms with Crippen LogP contribution in [-0.4, -0.2) is 0 Å². The van der Waals surface area contributed by atoms with E-state index in [4.69, 9.17) is 0 Å². The molecule has 0 spiro atoms. The van der Waals surface area contributed by atoms with Gasteiger partial charge in [-0.3, -0.25) is 0 Å². The van der Waals surface area contributed by atoms with Gasteiger partial charge in [0.15, 0.2) is 0 Å². The molecule has 46 heavy (non-hydrogen) atoms. The van der Waals surface area contributed by atoms with Crippen LogP contribution in [0.1, 0.15) is 22.3 Å². The molecule has 0 amide bonds. The highest BCUT2D eigenvalue weighted by Crippen LogP contribution is 2.59. The van der Waals surface area contributed by atoms with Crippen LogP contribution in [-0.2, 0) is 5.41 Å². The standard InChI is InChI=1S/C45H28S/c1-2-17-32(18-3-1)45(39-24-9-7-20-34(39)37-27-30-13-4-5-14-31(30)28-40(37)45)38-23-8-6-19-33(38)35-21-12-26-42-44(35)36-22-10-15-29-16-11-25-41(46-42)43(29)36/h1-28H. The summed E-state index contributed by atoms with van der Waals surface area (Å²) in [4.78, 5) is 2.64. The Morgan fingerprint density at radius 2 is 0.891 bits per heavy atom. The van der Waals surface area contributed by atoms with Gasteiger partial charge in [0.1, 0.15) is 0 Å². The quantitative estimate of drug-likeness (QED) is 0.194. The third-order valence-electron chi connectivity index (χ3n) is 10.1. The van der Waals surface area contributed by atoms with Gasteiger partial charge >= 0.3 is 0 Å². The molecule has 214 valence electrons. The highest BCUT2D eigenvalue weighted by molar-refractivity contribution is 7.99. The molecule has 8 aromatic rings. The zero-order chi connectivity index (χ0) is 30.2. The van der Waals surface area contributed by atoms with Crippen molar-refractivity contribution in [3.05, 3.63) is 192 Å². The van der Waals surface area contributed by atoms with Gasteiger partial charge in [-0.05, 0) is 90.5 Å². The molecule has 10 rings (SSSR count). The topological polar surface area (TPSA) is 0 Å². The van der Waals surface area contributed by atoms with Gasteiger partial charge in [0.05, 0.1) is 5.41 Å². The van der Waals surface area contributed by atoms with Crippen LogP contribution in [0.3, 0.4) is 0 Å². The lowest BCUT2D eigenvalue weighted by Gasteiger charge is -2.36. The third kappa shape index (κ3) is 3.47. The van der Waals surface area contributed by atoms with Crippen molar-refractivity contribution in [3.63, 3.8) is 0 Å². The maximum atomic E-state index is 2.46. The van der Waals surface area contributed by atoms with Crippen molar-refractivity contribution in [2.75, 3.05) is 0 Å². The molecular formula is C45H28S. The normalized spacial score (nSPS) is 15.8. The Labute approximate surface area is 273 Å². The summed E-state index contributed by atoms with van der Waals surface area (Å²) < 4.78 is 0. The fourth-order valence-corrected chi connectivity index (χ4v) is 9.47. The number of benzene rings is 8. The summed E-state index contributed by atoms with van der Waals surface area (Å²) in [6, 6.07) is 63.4. The summed E-state index contributed by atoms with van der Waals surface area (Å²) in [5.41, 5.74) is 12.6. The molecule has 1 aliphatic carbocycles. The molecule has 0 saturated carbocycles. The second-order valence-electron chi connectivity index (χ2n) is 12.4. The van der Waals surface area contributed by atoms with E-state index >= 15 is 0 Å². The summed E-state index contributed by atoms with van der Waals surface area (Å²) in [6.07, 6.45) is 0. The molecule has 0 aromatic heterocycles. The Morgan fingerprint density at radius 1 is 0.348 bits per heavy atom. The fourth-order valence-electron chi connectivity index (χ4n) is 8.29. The van der Waals surface area contributed by atoms with Crippen LogP contribution >= 0.6 is 11.8 Å².